The first kappa shape index (κ1) is 26.6. The molecule has 0 spiro atoms. The predicted octanol–water partition coefficient (Wildman–Crippen LogP) is 2.42. The van der Waals surface area contributed by atoms with Crippen molar-refractivity contribution in [3.63, 3.8) is 0 Å². The van der Waals surface area contributed by atoms with E-state index in [1.54, 1.807) is 65.6 Å². The summed E-state index contributed by atoms with van der Waals surface area (Å²) < 4.78 is 28.6. The van der Waals surface area contributed by atoms with Crippen LogP contribution in [-0.4, -0.2) is 44.7 Å². The lowest BCUT2D eigenvalue weighted by molar-refractivity contribution is -0.141. The smallest absolute Gasteiger partial charge is 0.307 e. The van der Waals surface area contributed by atoms with Gasteiger partial charge >= 0.3 is 5.97 Å². The number of nitrogen functional groups attached to an aromatic ring is 1. The first-order valence-electron chi connectivity index (χ1n) is 11.1. The van der Waals surface area contributed by atoms with Crippen LogP contribution in [0.1, 0.15) is 23.1 Å². The third kappa shape index (κ3) is 7.00. The van der Waals surface area contributed by atoms with Gasteiger partial charge in [-0.2, -0.15) is 0 Å². The summed E-state index contributed by atoms with van der Waals surface area (Å²) >= 11 is 0. The Balaban J connectivity index is 1.80. The SMILES string of the molecule is COC(=O)CCN(Cc1cccc(C(=N)N)c1)C(=O)Cc1ccc(-c2ccccc2S(N)(=O)=O)cc1. The lowest BCUT2D eigenvalue weighted by Gasteiger charge is -2.23. The number of nitrogens with one attached hydrogen (secondary N) is 1. The molecule has 0 radical (unpaired) electrons. The number of nitrogens with zero attached hydrogens (tertiary/aromatic N) is 1. The summed E-state index contributed by atoms with van der Waals surface area (Å²) in [5.74, 6) is -0.707. The van der Waals surface area contributed by atoms with Gasteiger partial charge in [0.05, 0.1) is 24.8 Å². The van der Waals surface area contributed by atoms with Gasteiger partial charge in [-0.3, -0.25) is 15.0 Å². The molecule has 0 bridgehead atoms. The Labute approximate surface area is 210 Å². The van der Waals surface area contributed by atoms with Crippen LogP contribution in [0.4, 0.5) is 0 Å². The van der Waals surface area contributed by atoms with E-state index in [2.05, 4.69) is 0 Å². The topological polar surface area (TPSA) is 157 Å². The summed E-state index contributed by atoms with van der Waals surface area (Å²) in [4.78, 5) is 26.5. The van der Waals surface area contributed by atoms with E-state index in [-0.39, 0.29) is 42.6 Å². The number of rotatable bonds is 10. The van der Waals surface area contributed by atoms with Crippen LogP contribution >= 0.6 is 0 Å². The van der Waals surface area contributed by atoms with Gasteiger partial charge in [0, 0.05) is 24.2 Å². The standard InChI is InChI=1S/C26H28N4O5S/c1-35-25(32)13-14-30(17-19-5-4-6-21(15-19)26(27)28)24(31)16-18-9-11-20(12-10-18)22-7-2-3-8-23(22)36(29,33)34/h2-12,15H,13-14,16-17H2,1H3,(H3,27,28)(H2,29,33,34). The molecule has 0 aliphatic rings. The second kappa shape index (κ2) is 11.6. The summed E-state index contributed by atoms with van der Waals surface area (Å²) in [5.41, 5.74) is 8.75. The van der Waals surface area contributed by atoms with Crippen LogP contribution in [0.5, 0.6) is 0 Å². The van der Waals surface area contributed by atoms with Crippen LogP contribution in [0.25, 0.3) is 11.1 Å². The number of hydrogen-bond acceptors (Lipinski definition) is 6. The van der Waals surface area contributed by atoms with Crippen molar-refractivity contribution in [1.29, 1.82) is 5.41 Å². The lowest BCUT2D eigenvalue weighted by atomic mass is 10.0. The zero-order valence-corrected chi connectivity index (χ0v) is 20.6. The fourth-order valence-corrected chi connectivity index (χ4v) is 4.48. The van der Waals surface area contributed by atoms with Crippen LogP contribution in [0, 0.1) is 5.41 Å². The van der Waals surface area contributed by atoms with Crippen molar-refractivity contribution >= 4 is 27.7 Å². The number of primary sulfonamides is 1. The first-order chi connectivity index (χ1) is 17.1. The van der Waals surface area contributed by atoms with Crippen LogP contribution < -0.4 is 10.9 Å². The number of amides is 1. The van der Waals surface area contributed by atoms with Crippen molar-refractivity contribution < 1.29 is 22.7 Å². The number of carbonyl (C=O) groups is 2. The minimum absolute atomic E-state index is 0.0237. The van der Waals surface area contributed by atoms with Gasteiger partial charge in [0.25, 0.3) is 0 Å². The van der Waals surface area contributed by atoms with Gasteiger partial charge < -0.3 is 15.4 Å². The maximum absolute atomic E-state index is 13.2. The molecule has 0 aliphatic carbocycles. The molecular formula is C26H28N4O5S. The van der Waals surface area contributed by atoms with E-state index >= 15 is 0 Å². The second-order valence-electron chi connectivity index (χ2n) is 8.17. The first-order valence-corrected chi connectivity index (χ1v) is 12.6. The fourth-order valence-electron chi connectivity index (χ4n) is 3.72. The van der Waals surface area contributed by atoms with Gasteiger partial charge in [-0.15, -0.1) is 0 Å². The molecule has 0 atom stereocenters. The third-order valence-electron chi connectivity index (χ3n) is 5.59. The maximum Gasteiger partial charge on any atom is 0.307 e. The van der Waals surface area contributed by atoms with Crippen molar-refractivity contribution in [2.24, 2.45) is 10.9 Å². The third-order valence-corrected chi connectivity index (χ3v) is 6.56. The van der Waals surface area contributed by atoms with Crippen LogP contribution in [0.3, 0.4) is 0 Å². The summed E-state index contributed by atoms with van der Waals surface area (Å²) in [6.07, 6.45) is 0.114. The molecule has 0 unspecified atom stereocenters. The predicted molar refractivity (Wildman–Crippen MR) is 136 cm³/mol. The average Bonchev–Trinajstić information content (AvgIpc) is 2.86. The molecule has 0 heterocycles. The molecule has 188 valence electrons. The van der Waals surface area contributed by atoms with Gasteiger partial charge in [0.1, 0.15) is 5.84 Å². The molecule has 3 aromatic rings. The Hall–Kier alpha value is -4.02. The van der Waals surface area contributed by atoms with Gasteiger partial charge in [0.15, 0.2) is 0 Å². The highest BCUT2D eigenvalue weighted by atomic mass is 32.2. The Bertz CT molecular complexity index is 1370. The number of benzene rings is 3. The van der Waals surface area contributed by atoms with E-state index in [1.807, 2.05) is 6.07 Å². The summed E-state index contributed by atoms with van der Waals surface area (Å²) in [7, 11) is -2.60. The van der Waals surface area contributed by atoms with E-state index in [0.717, 1.165) is 11.1 Å². The van der Waals surface area contributed by atoms with Crippen molar-refractivity contribution in [3.8, 4) is 11.1 Å². The highest BCUT2D eigenvalue weighted by Gasteiger charge is 2.18. The van der Waals surface area contributed by atoms with E-state index in [4.69, 9.17) is 21.0 Å². The average molecular weight is 509 g/mol. The molecular weight excluding hydrogens is 480 g/mol. The summed E-state index contributed by atoms with van der Waals surface area (Å²) in [5, 5.41) is 13.0. The van der Waals surface area contributed by atoms with E-state index < -0.39 is 16.0 Å². The highest BCUT2D eigenvalue weighted by molar-refractivity contribution is 7.89. The molecule has 3 rings (SSSR count). The molecule has 0 aromatic heterocycles. The summed E-state index contributed by atoms with van der Waals surface area (Å²) in [6.45, 7) is 0.395. The van der Waals surface area contributed by atoms with Crippen LogP contribution in [0.15, 0.2) is 77.7 Å². The fraction of sp³-hybridized carbons (Fsp3) is 0.192. The molecule has 0 aliphatic heterocycles. The minimum Gasteiger partial charge on any atom is -0.469 e. The number of esters is 1. The largest absolute Gasteiger partial charge is 0.469 e. The van der Waals surface area contributed by atoms with Gasteiger partial charge in [-0.1, -0.05) is 60.7 Å². The zero-order valence-electron chi connectivity index (χ0n) is 19.8. The molecule has 10 heteroatoms. The maximum atomic E-state index is 13.2. The molecule has 1 amide bonds. The van der Waals surface area contributed by atoms with Crippen molar-refractivity contribution in [2.75, 3.05) is 13.7 Å². The molecule has 5 N–H and O–H groups in total. The summed E-state index contributed by atoms with van der Waals surface area (Å²) in [6, 6.07) is 20.4. The number of sulfonamides is 1. The molecule has 3 aromatic carbocycles. The number of nitrogens with two attached hydrogens (primary N) is 2. The minimum atomic E-state index is -3.90. The number of carbonyl (C=O) groups excluding carboxylic acids is 2. The van der Waals surface area contributed by atoms with Crippen molar-refractivity contribution in [3.05, 3.63) is 89.5 Å². The Morgan fingerprint density at radius 2 is 1.67 bits per heavy atom. The second-order valence-corrected chi connectivity index (χ2v) is 9.70. The number of methoxy groups -OCH3 is 1. The van der Waals surface area contributed by atoms with Crippen molar-refractivity contribution in [1.82, 2.24) is 4.90 Å². The molecule has 36 heavy (non-hydrogen) atoms. The van der Waals surface area contributed by atoms with Crippen LogP contribution in [-0.2, 0) is 37.3 Å². The van der Waals surface area contributed by atoms with E-state index in [9.17, 15) is 18.0 Å². The normalized spacial score (nSPS) is 11.1. The highest BCUT2D eigenvalue weighted by Crippen LogP contribution is 2.27. The van der Waals surface area contributed by atoms with E-state index in [1.165, 1.54) is 13.2 Å². The van der Waals surface area contributed by atoms with Gasteiger partial charge in [-0.25, -0.2) is 13.6 Å². The Morgan fingerprint density at radius 1 is 0.972 bits per heavy atom. The van der Waals surface area contributed by atoms with Gasteiger partial charge in [0.2, 0.25) is 15.9 Å². The van der Waals surface area contributed by atoms with E-state index in [0.29, 0.717) is 16.7 Å². The molecule has 0 saturated heterocycles. The van der Waals surface area contributed by atoms with Crippen LogP contribution in [0.2, 0.25) is 0 Å². The number of hydrogen-bond donors (Lipinski definition) is 3. The lowest BCUT2D eigenvalue weighted by Crippen LogP contribution is -2.34. The van der Waals surface area contributed by atoms with Crippen molar-refractivity contribution in [2.45, 2.75) is 24.3 Å². The monoisotopic (exact) mass is 508 g/mol. The quantitative estimate of drug-likeness (QED) is 0.217. The number of ether oxygens (including phenoxy) is 1. The molecule has 0 fully saturated rings. The molecule has 9 nitrogen and oxygen atoms in total. The zero-order chi connectivity index (χ0) is 26.3. The van der Waals surface area contributed by atoms with Gasteiger partial charge in [-0.05, 0) is 28.8 Å². The molecule has 0 saturated carbocycles. The number of amidine groups is 1. The Morgan fingerprint density at radius 3 is 2.31 bits per heavy atom. The Kier molecular flexibility index (Phi) is 8.57.